The van der Waals surface area contributed by atoms with Crippen LogP contribution in [0.2, 0.25) is 0 Å². The number of carbonyl (C=O) groups excluding carboxylic acids is 1. The Morgan fingerprint density at radius 1 is 1.25 bits per heavy atom. The third kappa shape index (κ3) is 4.23. The molecule has 0 unspecified atom stereocenters. The average Bonchev–Trinajstić information content (AvgIpc) is 2.48. The van der Waals surface area contributed by atoms with Crippen LogP contribution in [0.15, 0.2) is 24.3 Å². The van der Waals surface area contributed by atoms with Crippen molar-refractivity contribution < 1.29 is 14.6 Å². The highest BCUT2D eigenvalue weighted by Crippen LogP contribution is 2.22. The van der Waals surface area contributed by atoms with Gasteiger partial charge in [-0.25, -0.2) is 4.79 Å². The summed E-state index contributed by atoms with van der Waals surface area (Å²) in [6.07, 6.45) is 4.39. The Kier molecular flexibility index (Phi) is 5.41. The van der Waals surface area contributed by atoms with E-state index >= 15 is 0 Å². The molecule has 0 aromatic heterocycles. The molecule has 2 rings (SSSR count). The number of aliphatic hydroxyl groups is 1. The Morgan fingerprint density at radius 3 is 2.50 bits per heavy atom. The maximum atomic E-state index is 11.7. The van der Waals surface area contributed by atoms with Crippen LogP contribution in [0.25, 0.3) is 0 Å². The van der Waals surface area contributed by atoms with Crippen molar-refractivity contribution in [2.45, 2.75) is 51.2 Å². The van der Waals surface area contributed by atoms with E-state index in [-0.39, 0.29) is 12.1 Å². The first-order valence-electron chi connectivity index (χ1n) is 7.41. The summed E-state index contributed by atoms with van der Waals surface area (Å²) in [5.41, 5.74) is 1.60. The Balaban J connectivity index is 1.86. The van der Waals surface area contributed by atoms with Gasteiger partial charge in [0.15, 0.2) is 0 Å². The van der Waals surface area contributed by atoms with Crippen molar-refractivity contribution in [3.05, 3.63) is 29.8 Å². The molecule has 0 saturated heterocycles. The highest BCUT2D eigenvalue weighted by atomic mass is 16.5. The van der Waals surface area contributed by atoms with Crippen LogP contribution in [0, 0.1) is 0 Å². The first-order valence-corrected chi connectivity index (χ1v) is 7.41. The van der Waals surface area contributed by atoms with Crippen molar-refractivity contribution in [3.8, 4) is 0 Å². The van der Waals surface area contributed by atoms with Gasteiger partial charge in [0.05, 0.1) is 18.3 Å². The molecule has 1 aromatic rings. The van der Waals surface area contributed by atoms with E-state index in [1.54, 1.807) is 12.1 Å². The topological polar surface area (TPSA) is 58.6 Å². The number of hydrogen-bond donors (Lipinski definition) is 2. The predicted molar refractivity (Wildman–Crippen MR) is 78.9 cm³/mol. The van der Waals surface area contributed by atoms with Crippen molar-refractivity contribution in [2.24, 2.45) is 0 Å². The molecule has 0 heterocycles. The van der Waals surface area contributed by atoms with Gasteiger partial charge in [-0.2, -0.15) is 0 Å². The van der Waals surface area contributed by atoms with Gasteiger partial charge in [0.2, 0.25) is 0 Å². The van der Waals surface area contributed by atoms with Crippen LogP contribution in [0.1, 0.15) is 49.4 Å². The van der Waals surface area contributed by atoms with Gasteiger partial charge in [0.1, 0.15) is 0 Å². The molecular weight excluding hydrogens is 254 g/mol. The summed E-state index contributed by atoms with van der Waals surface area (Å²) in [4.78, 5) is 11.7. The van der Waals surface area contributed by atoms with Crippen molar-refractivity contribution in [1.82, 2.24) is 0 Å². The normalized spacial score (nSPS) is 22.3. The molecule has 0 amide bonds. The van der Waals surface area contributed by atoms with Crippen LogP contribution in [-0.2, 0) is 4.74 Å². The van der Waals surface area contributed by atoms with E-state index in [2.05, 4.69) is 5.32 Å². The number of rotatable bonds is 5. The quantitative estimate of drug-likeness (QED) is 0.812. The minimum absolute atomic E-state index is 0.135. The van der Waals surface area contributed by atoms with Gasteiger partial charge in [-0.3, -0.25) is 0 Å². The molecule has 1 aliphatic rings. The highest BCUT2D eigenvalue weighted by molar-refractivity contribution is 5.89. The number of ether oxygens (including phenoxy) is 1. The highest BCUT2D eigenvalue weighted by Gasteiger charge is 2.19. The van der Waals surface area contributed by atoms with Crippen molar-refractivity contribution in [1.29, 1.82) is 0 Å². The predicted octanol–water partition coefficient (Wildman–Crippen LogP) is 2.97. The SMILES string of the molecule is CCCOC(=O)c1ccc(NC2CCC(O)CC2)cc1. The fourth-order valence-electron chi connectivity index (χ4n) is 2.44. The molecule has 1 aliphatic carbocycles. The fourth-order valence-corrected chi connectivity index (χ4v) is 2.44. The Morgan fingerprint density at radius 2 is 1.90 bits per heavy atom. The zero-order valence-corrected chi connectivity index (χ0v) is 12.0. The second-order valence-corrected chi connectivity index (χ2v) is 5.36. The molecule has 0 bridgehead atoms. The van der Waals surface area contributed by atoms with E-state index in [4.69, 9.17) is 4.74 Å². The number of hydrogen-bond acceptors (Lipinski definition) is 4. The third-order valence-electron chi connectivity index (χ3n) is 3.63. The average molecular weight is 277 g/mol. The smallest absolute Gasteiger partial charge is 0.338 e. The lowest BCUT2D eigenvalue weighted by atomic mass is 9.93. The summed E-state index contributed by atoms with van der Waals surface area (Å²) in [6.45, 7) is 2.44. The maximum absolute atomic E-state index is 11.7. The van der Waals surface area contributed by atoms with Gasteiger partial charge in [-0.15, -0.1) is 0 Å². The number of esters is 1. The number of carbonyl (C=O) groups is 1. The molecule has 4 heteroatoms. The Hall–Kier alpha value is -1.55. The largest absolute Gasteiger partial charge is 0.462 e. The van der Waals surface area contributed by atoms with Crippen molar-refractivity contribution in [2.75, 3.05) is 11.9 Å². The first-order chi connectivity index (χ1) is 9.69. The third-order valence-corrected chi connectivity index (χ3v) is 3.63. The second kappa shape index (κ2) is 7.29. The molecule has 0 atom stereocenters. The van der Waals surface area contributed by atoms with Gasteiger partial charge in [0, 0.05) is 11.7 Å². The summed E-state index contributed by atoms with van der Waals surface area (Å²) in [5.74, 6) is -0.265. The Labute approximate surface area is 120 Å². The molecule has 20 heavy (non-hydrogen) atoms. The van der Waals surface area contributed by atoms with Crippen molar-refractivity contribution >= 4 is 11.7 Å². The van der Waals surface area contributed by atoms with E-state index in [1.165, 1.54) is 0 Å². The van der Waals surface area contributed by atoms with Gasteiger partial charge in [0.25, 0.3) is 0 Å². The van der Waals surface area contributed by atoms with Gasteiger partial charge in [-0.1, -0.05) is 6.92 Å². The molecule has 110 valence electrons. The fraction of sp³-hybridized carbons (Fsp3) is 0.562. The van der Waals surface area contributed by atoms with Crippen LogP contribution < -0.4 is 5.32 Å². The molecule has 0 spiro atoms. The Bertz CT molecular complexity index is 422. The molecule has 1 saturated carbocycles. The molecule has 0 radical (unpaired) electrons. The molecule has 2 N–H and O–H groups in total. The number of benzene rings is 1. The van der Waals surface area contributed by atoms with Crippen LogP contribution >= 0.6 is 0 Å². The van der Waals surface area contributed by atoms with E-state index in [1.807, 2.05) is 19.1 Å². The van der Waals surface area contributed by atoms with E-state index in [0.717, 1.165) is 37.8 Å². The lowest BCUT2D eigenvalue weighted by Crippen LogP contribution is -2.28. The molecule has 1 fully saturated rings. The minimum Gasteiger partial charge on any atom is -0.462 e. The zero-order valence-electron chi connectivity index (χ0n) is 12.0. The lowest BCUT2D eigenvalue weighted by molar-refractivity contribution is 0.0505. The first kappa shape index (κ1) is 14.9. The van der Waals surface area contributed by atoms with Gasteiger partial charge < -0.3 is 15.2 Å². The molecular formula is C16H23NO3. The monoisotopic (exact) mass is 277 g/mol. The molecule has 0 aliphatic heterocycles. The molecule has 1 aromatic carbocycles. The summed E-state index contributed by atoms with van der Waals surface area (Å²) in [6, 6.07) is 7.81. The zero-order chi connectivity index (χ0) is 14.4. The van der Waals surface area contributed by atoms with Crippen LogP contribution in [0.3, 0.4) is 0 Å². The van der Waals surface area contributed by atoms with Gasteiger partial charge in [-0.05, 0) is 56.4 Å². The van der Waals surface area contributed by atoms with Gasteiger partial charge >= 0.3 is 5.97 Å². The lowest BCUT2D eigenvalue weighted by Gasteiger charge is -2.27. The van der Waals surface area contributed by atoms with Crippen LogP contribution in [0.4, 0.5) is 5.69 Å². The van der Waals surface area contributed by atoms with E-state index in [9.17, 15) is 9.90 Å². The summed E-state index contributed by atoms with van der Waals surface area (Å²) in [5, 5.41) is 12.9. The molecule has 4 nitrogen and oxygen atoms in total. The van der Waals surface area contributed by atoms with E-state index in [0.29, 0.717) is 18.2 Å². The van der Waals surface area contributed by atoms with Crippen LogP contribution in [-0.4, -0.2) is 29.8 Å². The number of nitrogens with one attached hydrogen (secondary N) is 1. The number of anilines is 1. The summed E-state index contributed by atoms with van der Waals surface area (Å²) in [7, 11) is 0. The standard InChI is InChI=1S/C16H23NO3/c1-2-11-20-16(19)12-3-5-13(6-4-12)17-14-7-9-15(18)10-8-14/h3-6,14-15,17-18H,2,7-11H2,1H3. The number of aliphatic hydroxyl groups excluding tert-OH is 1. The van der Waals surface area contributed by atoms with E-state index < -0.39 is 0 Å². The van der Waals surface area contributed by atoms with Crippen LogP contribution in [0.5, 0.6) is 0 Å². The second-order valence-electron chi connectivity index (χ2n) is 5.36. The maximum Gasteiger partial charge on any atom is 0.338 e. The van der Waals surface area contributed by atoms with Crippen molar-refractivity contribution in [3.63, 3.8) is 0 Å². The minimum atomic E-state index is -0.265. The summed E-state index contributed by atoms with van der Waals surface area (Å²) >= 11 is 0. The summed E-state index contributed by atoms with van der Waals surface area (Å²) < 4.78 is 5.09.